The minimum Gasteiger partial charge on any atom is -0.475 e. The Balaban J connectivity index is 0.000000383. The third kappa shape index (κ3) is 12.0. The number of halogens is 6. The number of nitrogens with zero attached hydrogens (tertiary/aromatic N) is 5. The van der Waals surface area contributed by atoms with Gasteiger partial charge in [-0.25, -0.2) is 14.6 Å². The van der Waals surface area contributed by atoms with E-state index in [-0.39, 0.29) is 6.61 Å². The van der Waals surface area contributed by atoms with Gasteiger partial charge in [0.2, 0.25) is 0 Å². The molecule has 11 nitrogen and oxygen atoms in total. The second kappa shape index (κ2) is 13.8. The van der Waals surface area contributed by atoms with Crippen LogP contribution in [0, 0.1) is 12.8 Å². The first-order valence-electron chi connectivity index (χ1n) is 10.4. The summed E-state index contributed by atoms with van der Waals surface area (Å²) in [6.07, 6.45) is -3.26. The van der Waals surface area contributed by atoms with E-state index >= 15 is 0 Å². The normalized spacial score (nSPS) is 16.4. The number of aryl methyl sites for hydroxylation is 1. The van der Waals surface area contributed by atoms with Gasteiger partial charge in [0.1, 0.15) is 5.82 Å². The summed E-state index contributed by atoms with van der Waals surface area (Å²) in [4.78, 5) is 27.8. The van der Waals surface area contributed by atoms with Gasteiger partial charge in [-0.3, -0.25) is 9.58 Å². The van der Waals surface area contributed by atoms with Gasteiger partial charge in [0, 0.05) is 50.7 Å². The summed E-state index contributed by atoms with van der Waals surface area (Å²) >= 11 is 0. The van der Waals surface area contributed by atoms with E-state index in [1.165, 1.54) is 18.5 Å². The number of nitrogens with one attached hydrogen (secondary N) is 1. The van der Waals surface area contributed by atoms with E-state index in [1.54, 1.807) is 0 Å². The van der Waals surface area contributed by atoms with E-state index < -0.39 is 24.3 Å². The van der Waals surface area contributed by atoms with Crippen LogP contribution in [0.4, 0.5) is 26.3 Å². The lowest BCUT2D eigenvalue weighted by molar-refractivity contribution is -0.193. The van der Waals surface area contributed by atoms with Gasteiger partial charge in [-0.2, -0.15) is 26.3 Å². The number of piperidine rings is 1. The average molecular weight is 532 g/mol. The molecule has 3 rings (SSSR count). The predicted molar refractivity (Wildman–Crippen MR) is 110 cm³/mol. The topological polar surface area (TPSA) is 157 Å². The SMILES string of the molecule is Cc1ncc(CN2CCCC(Cn3cc(CCO)nn3)C2)[nH]1.O=C(O)C(F)(F)F.O=C(O)C(F)(F)F. The molecule has 0 radical (unpaired) electrons. The highest BCUT2D eigenvalue weighted by Gasteiger charge is 2.38. The summed E-state index contributed by atoms with van der Waals surface area (Å²) in [5.74, 6) is -3.94. The van der Waals surface area contributed by atoms with Crippen molar-refractivity contribution in [3.05, 3.63) is 29.6 Å². The largest absolute Gasteiger partial charge is 0.490 e. The zero-order chi connectivity index (χ0) is 27.5. The number of carbonyl (C=O) groups is 2. The Morgan fingerprint density at radius 2 is 1.72 bits per heavy atom. The molecule has 1 atom stereocenters. The summed E-state index contributed by atoms with van der Waals surface area (Å²) < 4.78 is 65.4. The van der Waals surface area contributed by atoms with Crippen molar-refractivity contribution in [3.8, 4) is 0 Å². The number of aliphatic hydroxyl groups is 1. The third-order valence-corrected chi connectivity index (χ3v) is 4.64. The van der Waals surface area contributed by atoms with Gasteiger partial charge in [0.15, 0.2) is 0 Å². The predicted octanol–water partition coefficient (Wildman–Crippen LogP) is 2.02. The Morgan fingerprint density at radius 3 is 2.19 bits per heavy atom. The number of likely N-dealkylation sites (tertiary alicyclic amines) is 1. The number of rotatable bonds is 6. The van der Waals surface area contributed by atoms with Gasteiger partial charge in [0.25, 0.3) is 0 Å². The number of aromatic amines is 1. The van der Waals surface area contributed by atoms with Crippen LogP contribution in [-0.4, -0.2) is 89.2 Å². The van der Waals surface area contributed by atoms with Crippen molar-refractivity contribution in [1.82, 2.24) is 29.9 Å². The van der Waals surface area contributed by atoms with Gasteiger partial charge in [-0.15, -0.1) is 5.10 Å². The molecule has 0 spiro atoms. The minimum atomic E-state index is -5.08. The molecule has 0 amide bonds. The molecule has 1 aliphatic heterocycles. The summed E-state index contributed by atoms with van der Waals surface area (Å²) in [5.41, 5.74) is 2.05. The molecule has 204 valence electrons. The standard InChI is InChI=1S/C15H24N6O.2C2HF3O2/c1-12-16-7-15(17-12)10-20-5-2-3-13(8-20)9-21-11-14(4-6-22)18-19-21;2*3-2(4,5)1(6)7/h7,11,13,22H,2-6,8-10H2,1H3,(H,16,17);2*(H,6,7). The van der Waals surface area contributed by atoms with Crippen molar-refractivity contribution in [1.29, 1.82) is 0 Å². The summed E-state index contributed by atoms with van der Waals surface area (Å²) in [5, 5.41) is 31.4. The van der Waals surface area contributed by atoms with E-state index in [0.29, 0.717) is 12.3 Å². The van der Waals surface area contributed by atoms with Crippen LogP contribution in [0.3, 0.4) is 0 Å². The number of hydrogen-bond acceptors (Lipinski definition) is 7. The Morgan fingerprint density at radius 1 is 1.14 bits per heavy atom. The molecule has 3 heterocycles. The van der Waals surface area contributed by atoms with E-state index in [9.17, 15) is 26.3 Å². The lowest BCUT2D eigenvalue weighted by Crippen LogP contribution is -2.36. The number of imidazole rings is 1. The number of carboxylic acids is 2. The van der Waals surface area contributed by atoms with Crippen LogP contribution < -0.4 is 0 Å². The molecule has 17 heteroatoms. The van der Waals surface area contributed by atoms with E-state index in [2.05, 4.69) is 25.2 Å². The number of carboxylic acid groups (broad SMARTS) is 2. The number of alkyl halides is 6. The fourth-order valence-electron chi connectivity index (χ4n) is 3.16. The van der Waals surface area contributed by atoms with Crippen molar-refractivity contribution < 1.29 is 51.3 Å². The van der Waals surface area contributed by atoms with Crippen molar-refractivity contribution >= 4 is 11.9 Å². The Labute approximate surface area is 200 Å². The molecule has 1 saturated heterocycles. The summed E-state index contributed by atoms with van der Waals surface area (Å²) in [6.45, 7) is 6.16. The molecule has 0 aromatic carbocycles. The van der Waals surface area contributed by atoms with Crippen LogP contribution in [0.25, 0.3) is 0 Å². The van der Waals surface area contributed by atoms with Gasteiger partial charge < -0.3 is 20.3 Å². The number of aliphatic carboxylic acids is 2. The van der Waals surface area contributed by atoms with Gasteiger partial charge in [-0.1, -0.05) is 5.21 Å². The quantitative estimate of drug-likeness (QED) is 0.409. The highest BCUT2D eigenvalue weighted by atomic mass is 19.4. The molecule has 2 aromatic heterocycles. The van der Waals surface area contributed by atoms with Crippen molar-refractivity contribution in [3.63, 3.8) is 0 Å². The maximum atomic E-state index is 10.6. The number of hydrogen-bond donors (Lipinski definition) is 4. The number of aliphatic hydroxyl groups excluding tert-OH is 1. The molecule has 1 unspecified atom stereocenters. The summed E-state index contributed by atoms with van der Waals surface area (Å²) in [6, 6.07) is 0. The van der Waals surface area contributed by atoms with Gasteiger partial charge in [0.05, 0.1) is 5.69 Å². The highest BCUT2D eigenvalue weighted by Crippen LogP contribution is 2.20. The fourth-order valence-corrected chi connectivity index (χ4v) is 3.16. The molecule has 0 bridgehead atoms. The Bertz CT molecular complexity index is 937. The zero-order valence-electron chi connectivity index (χ0n) is 19.1. The van der Waals surface area contributed by atoms with Crippen LogP contribution in [0.1, 0.15) is 30.1 Å². The molecule has 1 aliphatic rings. The van der Waals surface area contributed by atoms with E-state index in [1.807, 2.05) is 24.0 Å². The van der Waals surface area contributed by atoms with E-state index in [0.717, 1.165) is 37.7 Å². The third-order valence-electron chi connectivity index (χ3n) is 4.64. The van der Waals surface area contributed by atoms with Crippen LogP contribution in [0.15, 0.2) is 12.4 Å². The maximum absolute atomic E-state index is 10.6. The first-order chi connectivity index (χ1) is 16.6. The van der Waals surface area contributed by atoms with Crippen LogP contribution in [-0.2, 0) is 29.1 Å². The molecule has 0 aliphatic carbocycles. The smallest absolute Gasteiger partial charge is 0.475 e. The fraction of sp³-hybridized carbons (Fsp3) is 0.632. The second-order valence-corrected chi connectivity index (χ2v) is 7.75. The first kappa shape index (κ1) is 30.8. The van der Waals surface area contributed by atoms with Crippen LogP contribution in [0.5, 0.6) is 0 Å². The average Bonchev–Trinajstić information content (AvgIpc) is 3.36. The van der Waals surface area contributed by atoms with Crippen molar-refractivity contribution in [2.75, 3.05) is 19.7 Å². The monoisotopic (exact) mass is 532 g/mol. The molecule has 36 heavy (non-hydrogen) atoms. The summed E-state index contributed by atoms with van der Waals surface area (Å²) in [7, 11) is 0. The molecule has 1 fully saturated rings. The molecular formula is C19H26F6N6O5. The maximum Gasteiger partial charge on any atom is 0.490 e. The van der Waals surface area contributed by atoms with Crippen LogP contribution >= 0.6 is 0 Å². The van der Waals surface area contributed by atoms with Crippen LogP contribution in [0.2, 0.25) is 0 Å². The minimum absolute atomic E-state index is 0.125. The zero-order valence-corrected chi connectivity index (χ0v) is 19.1. The second-order valence-electron chi connectivity index (χ2n) is 7.75. The number of H-pyrrole nitrogens is 1. The lowest BCUT2D eigenvalue weighted by Gasteiger charge is -2.32. The van der Waals surface area contributed by atoms with Gasteiger partial charge in [-0.05, 0) is 32.2 Å². The molecular weight excluding hydrogens is 506 g/mol. The number of aromatic nitrogens is 5. The lowest BCUT2D eigenvalue weighted by atomic mass is 9.98. The van der Waals surface area contributed by atoms with E-state index in [4.69, 9.17) is 24.9 Å². The molecule has 4 N–H and O–H groups in total. The molecule has 2 aromatic rings. The van der Waals surface area contributed by atoms with Crippen molar-refractivity contribution in [2.24, 2.45) is 5.92 Å². The highest BCUT2D eigenvalue weighted by molar-refractivity contribution is 5.73. The van der Waals surface area contributed by atoms with Gasteiger partial charge >= 0.3 is 24.3 Å². The Kier molecular flexibility index (Phi) is 11.8. The molecule has 0 saturated carbocycles. The van der Waals surface area contributed by atoms with Crippen molar-refractivity contribution in [2.45, 2.75) is 51.6 Å². The Hall–Kier alpha value is -3.21. The first-order valence-corrected chi connectivity index (χ1v) is 10.4.